The normalized spacial score (nSPS) is 17.9. The number of carbonyl (C=O) groups excluding carboxylic acids is 2. The van der Waals surface area contributed by atoms with Gasteiger partial charge in [-0.05, 0) is 37.8 Å². The number of nitrogens with zero attached hydrogens (tertiary/aromatic N) is 4. The number of amides is 2. The number of alkyl halides is 6. The van der Waals surface area contributed by atoms with E-state index in [2.05, 4.69) is 25.9 Å². The largest absolute Gasteiger partial charge is 0.435 e. The predicted molar refractivity (Wildman–Crippen MR) is 127 cm³/mol. The van der Waals surface area contributed by atoms with Crippen LogP contribution >= 0.6 is 0 Å². The summed E-state index contributed by atoms with van der Waals surface area (Å²) in [7, 11) is 0. The van der Waals surface area contributed by atoms with Crippen molar-refractivity contribution in [1.29, 1.82) is 0 Å². The van der Waals surface area contributed by atoms with Crippen LogP contribution < -0.4 is 10.6 Å². The van der Waals surface area contributed by atoms with Gasteiger partial charge in [-0.15, -0.1) is 10.2 Å². The molecule has 216 valence electrons. The van der Waals surface area contributed by atoms with Gasteiger partial charge in [-0.2, -0.15) is 31.4 Å². The fraction of sp³-hybridized carbons (Fsp3) is 0.480. The Labute approximate surface area is 224 Å². The number of halogens is 6. The zero-order chi connectivity index (χ0) is 28.9. The molecule has 1 aliphatic carbocycles. The predicted octanol–water partition coefficient (Wildman–Crippen LogP) is 4.59. The van der Waals surface area contributed by atoms with Crippen LogP contribution in [-0.4, -0.2) is 51.1 Å². The average molecular weight is 573 g/mol. The topological polar surface area (TPSA) is 115 Å². The molecule has 1 fully saturated rings. The van der Waals surface area contributed by atoms with E-state index in [-0.39, 0.29) is 42.6 Å². The highest BCUT2D eigenvalue weighted by Gasteiger charge is 2.39. The summed E-state index contributed by atoms with van der Waals surface area (Å²) in [5.41, 5.74) is -1.60. The van der Waals surface area contributed by atoms with E-state index in [1.165, 1.54) is 0 Å². The van der Waals surface area contributed by atoms with Crippen LogP contribution in [0.15, 0.2) is 40.9 Å². The maximum Gasteiger partial charge on any atom is 0.435 e. The highest BCUT2D eigenvalue weighted by atomic mass is 19.4. The van der Waals surface area contributed by atoms with E-state index in [9.17, 15) is 35.9 Å². The molecule has 0 aliphatic heterocycles. The summed E-state index contributed by atoms with van der Waals surface area (Å²) in [5, 5.41) is 16.1. The summed E-state index contributed by atoms with van der Waals surface area (Å²) in [4.78, 5) is 25.1. The van der Waals surface area contributed by atoms with Gasteiger partial charge in [0, 0.05) is 37.5 Å². The highest BCUT2D eigenvalue weighted by Crippen LogP contribution is 2.35. The number of hydrogen-bond donors (Lipinski definition) is 2. The van der Waals surface area contributed by atoms with Crippen LogP contribution in [0.3, 0.4) is 0 Å². The van der Waals surface area contributed by atoms with E-state index in [1.807, 2.05) is 0 Å². The van der Waals surface area contributed by atoms with Crippen LogP contribution in [0, 0.1) is 5.92 Å². The summed E-state index contributed by atoms with van der Waals surface area (Å²) in [6, 6.07) is 8.05. The van der Waals surface area contributed by atoms with Crippen LogP contribution in [-0.2, 0) is 17.4 Å². The SMILES string of the molecule is O=C(NCCNC(=O)C1CCC(c2nnc(CCC(F)(F)F)o2)CC1)c1cn(-c2ccccc2)nc1C(F)(F)F. The zero-order valence-corrected chi connectivity index (χ0v) is 21.1. The highest BCUT2D eigenvalue weighted by molar-refractivity contribution is 5.95. The maximum atomic E-state index is 13.5. The first-order valence-electron chi connectivity index (χ1n) is 12.6. The van der Waals surface area contributed by atoms with Gasteiger partial charge in [0.1, 0.15) is 0 Å². The summed E-state index contributed by atoms with van der Waals surface area (Å²) < 4.78 is 83.9. The van der Waals surface area contributed by atoms with Crippen molar-refractivity contribution in [3.05, 3.63) is 59.6 Å². The monoisotopic (exact) mass is 572 g/mol. The molecule has 1 aliphatic rings. The third-order valence-corrected chi connectivity index (χ3v) is 6.51. The van der Waals surface area contributed by atoms with Crippen molar-refractivity contribution in [1.82, 2.24) is 30.6 Å². The van der Waals surface area contributed by atoms with E-state index >= 15 is 0 Å². The standard InChI is InChI=1S/C25H26F6N6O3/c26-24(27,28)11-10-19-34-35-23(40-19)16-8-6-15(7-9-16)21(38)32-12-13-33-22(39)18-14-37(17-4-2-1-3-5-17)36-20(18)25(29,30)31/h1-5,14-16H,6-13H2,(H,32,38)(H,33,39). The molecule has 0 atom stereocenters. The van der Waals surface area contributed by atoms with Gasteiger partial charge >= 0.3 is 12.4 Å². The molecule has 4 rings (SSSR count). The molecule has 0 bridgehead atoms. The van der Waals surface area contributed by atoms with Crippen molar-refractivity contribution in [3.63, 3.8) is 0 Å². The smallest absolute Gasteiger partial charge is 0.425 e. The lowest BCUT2D eigenvalue weighted by Crippen LogP contribution is -2.38. The minimum atomic E-state index is -4.84. The summed E-state index contributed by atoms with van der Waals surface area (Å²) >= 11 is 0. The second-order valence-electron chi connectivity index (χ2n) is 9.41. The van der Waals surface area contributed by atoms with Crippen molar-refractivity contribution < 1.29 is 40.3 Å². The Morgan fingerprint density at radius 1 is 0.950 bits per heavy atom. The minimum absolute atomic E-state index is 0.00486. The molecule has 0 unspecified atom stereocenters. The number of carbonyl (C=O) groups is 2. The molecule has 2 amide bonds. The Hall–Kier alpha value is -3.91. The molecular weight excluding hydrogens is 546 g/mol. The van der Waals surface area contributed by atoms with Gasteiger partial charge in [-0.3, -0.25) is 9.59 Å². The number of para-hydroxylation sites is 1. The van der Waals surface area contributed by atoms with Crippen molar-refractivity contribution in [2.24, 2.45) is 5.92 Å². The Bertz CT molecular complexity index is 1300. The molecule has 0 saturated heterocycles. The lowest BCUT2D eigenvalue weighted by atomic mass is 9.81. The fourth-order valence-electron chi connectivity index (χ4n) is 4.45. The van der Waals surface area contributed by atoms with Gasteiger partial charge in [0.2, 0.25) is 17.7 Å². The summed E-state index contributed by atoms with van der Waals surface area (Å²) in [5.74, 6) is -1.55. The second-order valence-corrected chi connectivity index (χ2v) is 9.41. The van der Waals surface area contributed by atoms with E-state index in [1.54, 1.807) is 30.3 Å². The van der Waals surface area contributed by atoms with Crippen molar-refractivity contribution in [2.45, 2.75) is 56.8 Å². The number of nitrogens with one attached hydrogen (secondary N) is 2. The molecule has 0 spiro atoms. The average Bonchev–Trinajstić information content (AvgIpc) is 3.58. The quantitative estimate of drug-likeness (QED) is 0.287. The van der Waals surface area contributed by atoms with E-state index in [4.69, 9.17) is 4.42 Å². The molecule has 9 nitrogen and oxygen atoms in total. The number of rotatable bonds is 9. The number of benzene rings is 1. The third kappa shape index (κ3) is 7.60. The third-order valence-electron chi connectivity index (χ3n) is 6.51. The van der Waals surface area contributed by atoms with Crippen molar-refractivity contribution in [3.8, 4) is 5.69 Å². The maximum absolute atomic E-state index is 13.5. The van der Waals surface area contributed by atoms with E-state index < -0.39 is 42.4 Å². The lowest BCUT2D eigenvalue weighted by molar-refractivity contribution is -0.141. The zero-order valence-electron chi connectivity index (χ0n) is 21.1. The molecule has 2 heterocycles. The van der Waals surface area contributed by atoms with Gasteiger partial charge in [0.25, 0.3) is 5.91 Å². The Kier molecular flexibility index (Phi) is 8.79. The van der Waals surface area contributed by atoms with Crippen LogP contribution in [0.4, 0.5) is 26.3 Å². The first-order valence-corrected chi connectivity index (χ1v) is 12.6. The molecule has 1 saturated carbocycles. The molecule has 40 heavy (non-hydrogen) atoms. The van der Waals surface area contributed by atoms with Crippen LogP contribution in [0.25, 0.3) is 5.69 Å². The minimum Gasteiger partial charge on any atom is -0.425 e. The fourth-order valence-corrected chi connectivity index (χ4v) is 4.45. The first kappa shape index (κ1) is 29.1. The van der Waals surface area contributed by atoms with Crippen LogP contribution in [0.5, 0.6) is 0 Å². The van der Waals surface area contributed by atoms with Gasteiger partial charge < -0.3 is 15.1 Å². The molecule has 0 radical (unpaired) electrons. The van der Waals surface area contributed by atoms with Gasteiger partial charge in [0.15, 0.2) is 5.69 Å². The van der Waals surface area contributed by atoms with Gasteiger partial charge in [0.05, 0.1) is 17.7 Å². The summed E-state index contributed by atoms with van der Waals surface area (Å²) in [6.07, 6.45) is -7.57. The number of aryl methyl sites for hydroxylation is 1. The lowest BCUT2D eigenvalue weighted by Gasteiger charge is -2.25. The Morgan fingerprint density at radius 2 is 1.62 bits per heavy atom. The first-order chi connectivity index (χ1) is 18.9. The molecule has 2 N–H and O–H groups in total. The molecule has 1 aromatic carbocycles. The summed E-state index contributed by atoms with van der Waals surface area (Å²) in [6.45, 7) is -0.0959. The van der Waals surface area contributed by atoms with E-state index in [0.29, 0.717) is 31.4 Å². The van der Waals surface area contributed by atoms with Crippen molar-refractivity contribution >= 4 is 11.8 Å². The molecular formula is C25H26F6N6O3. The Morgan fingerprint density at radius 3 is 2.27 bits per heavy atom. The van der Waals surface area contributed by atoms with E-state index in [0.717, 1.165) is 10.9 Å². The van der Waals surface area contributed by atoms with Gasteiger partial charge in [-0.1, -0.05) is 18.2 Å². The van der Waals surface area contributed by atoms with Gasteiger partial charge in [-0.25, -0.2) is 4.68 Å². The molecule has 2 aromatic heterocycles. The molecule has 15 heteroatoms. The second kappa shape index (κ2) is 12.1. The van der Waals surface area contributed by atoms with Crippen LogP contribution in [0.1, 0.15) is 65.9 Å². The number of aromatic nitrogens is 4. The number of hydrogen-bond acceptors (Lipinski definition) is 6. The molecule has 3 aromatic rings. The van der Waals surface area contributed by atoms with Crippen LogP contribution in [0.2, 0.25) is 0 Å². The van der Waals surface area contributed by atoms with Crippen molar-refractivity contribution in [2.75, 3.05) is 13.1 Å². The Balaban J connectivity index is 1.22.